The first-order chi connectivity index (χ1) is 17.2. The van der Waals surface area contributed by atoms with Crippen molar-refractivity contribution < 1.29 is 9.53 Å². The second-order valence-corrected chi connectivity index (χ2v) is 9.05. The van der Waals surface area contributed by atoms with Crippen molar-refractivity contribution in [2.24, 2.45) is 4.99 Å². The van der Waals surface area contributed by atoms with Gasteiger partial charge in [-0.2, -0.15) is 0 Å². The summed E-state index contributed by atoms with van der Waals surface area (Å²) >= 11 is 0. The highest BCUT2D eigenvalue weighted by Gasteiger charge is 2.04. The van der Waals surface area contributed by atoms with Gasteiger partial charge in [0.1, 0.15) is 5.75 Å². The molecule has 3 heteroatoms. The lowest BCUT2D eigenvalue weighted by molar-refractivity contribution is 0.0988. The van der Waals surface area contributed by atoms with E-state index in [1.807, 2.05) is 73.8 Å². The van der Waals surface area contributed by atoms with E-state index in [0.29, 0.717) is 6.42 Å². The zero-order chi connectivity index (χ0) is 24.7. The topological polar surface area (TPSA) is 38.7 Å². The summed E-state index contributed by atoms with van der Waals surface area (Å²) in [4.78, 5) is 16.4. The standard InChI is InChI=1S/C32H39NO2/c1-3-5-6-7-8-9-10-11-24-35-31-22-12-26(13-23-31)25-33-30-20-18-28(19-21-30)27-14-16-29(17-15-27)32(34)4-2/h12-23,25H,3-11,24H2,1-2H3. The molecule has 0 atom stereocenters. The fourth-order valence-electron chi connectivity index (χ4n) is 4.02. The van der Waals surface area contributed by atoms with Gasteiger partial charge in [0, 0.05) is 18.2 Å². The summed E-state index contributed by atoms with van der Waals surface area (Å²) in [5.74, 6) is 1.09. The monoisotopic (exact) mass is 469 g/mol. The molecule has 0 amide bonds. The molecule has 3 aromatic carbocycles. The van der Waals surface area contributed by atoms with Crippen molar-refractivity contribution in [1.82, 2.24) is 0 Å². The van der Waals surface area contributed by atoms with Crippen LogP contribution in [-0.2, 0) is 0 Å². The number of ether oxygens (including phenoxy) is 1. The third kappa shape index (κ3) is 9.16. The Hall–Kier alpha value is -3.20. The molecule has 3 rings (SSSR count). The molecule has 35 heavy (non-hydrogen) atoms. The molecule has 0 fully saturated rings. The van der Waals surface area contributed by atoms with E-state index in [-0.39, 0.29) is 5.78 Å². The molecular weight excluding hydrogens is 430 g/mol. The molecule has 0 heterocycles. The summed E-state index contributed by atoms with van der Waals surface area (Å²) in [6.45, 7) is 4.93. The minimum atomic E-state index is 0.171. The van der Waals surface area contributed by atoms with Crippen LogP contribution in [0.5, 0.6) is 5.75 Å². The Balaban J connectivity index is 1.41. The van der Waals surface area contributed by atoms with Gasteiger partial charge in [0.25, 0.3) is 0 Å². The maximum absolute atomic E-state index is 11.8. The third-order valence-corrected chi connectivity index (χ3v) is 6.24. The number of carbonyl (C=O) groups excluding carboxylic acids is 1. The SMILES string of the molecule is CCCCCCCCCCOc1ccc(C=Nc2ccc(-c3ccc(C(=O)CC)cc3)cc2)cc1. The fourth-order valence-corrected chi connectivity index (χ4v) is 4.02. The van der Waals surface area contributed by atoms with Crippen molar-refractivity contribution in [2.75, 3.05) is 6.61 Å². The lowest BCUT2D eigenvalue weighted by atomic mass is 10.0. The summed E-state index contributed by atoms with van der Waals surface area (Å²) in [6, 6.07) is 24.1. The zero-order valence-corrected chi connectivity index (χ0v) is 21.3. The average molecular weight is 470 g/mol. The highest BCUT2D eigenvalue weighted by molar-refractivity contribution is 5.96. The first kappa shape index (κ1) is 26.4. The number of benzene rings is 3. The number of ketones is 1. The van der Waals surface area contributed by atoms with E-state index in [4.69, 9.17) is 4.74 Å². The second-order valence-electron chi connectivity index (χ2n) is 9.05. The molecule has 0 aliphatic rings. The van der Waals surface area contributed by atoms with Crippen LogP contribution in [0, 0.1) is 0 Å². The predicted molar refractivity (Wildman–Crippen MR) is 148 cm³/mol. The van der Waals surface area contributed by atoms with E-state index in [1.165, 1.54) is 44.9 Å². The van der Waals surface area contributed by atoms with Crippen LogP contribution in [0.3, 0.4) is 0 Å². The number of hydrogen-bond donors (Lipinski definition) is 0. The largest absolute Gasteiger partial charge is 0.494 e. The summed E-state index contributed by atoms with van der Waals surface area (Å²) in [5.41, 5.74) is 4.92. The maximum atomic E-state index is 11.8. The van der Waals surface area contributed by atoms with Crippen molar-refractivity contribution in [1.29, 1.82) is 0 Å². The highest BCUT2D eigenvalue weighted by atomic mass is 16.5. The van der Waals surface area contributed by atoms with Crippen molar-refractivity contribution in [2.45, 2.75) is 71.6 Å². The number of nitrogens with zero attached hydrogens (tertiary/aromatic N) is 1. The molecule has 0 aliphatic heterocycles. The number of hydrogen-bond acceptors (Lipinski definition) is 3. The molecule has 0 saturated carbocycles. The Morgan fingerprint density at radius 2 is 1.29 bits per heavy atom. The van der Waals surface area contributed by atoms with Crippen molar-refractivity contribution in [3.63, 3.8) is 0 Å². The van der Waals surface area contributed by atoms with Crippen LogP contribution in [0.15, 0.2) is 77.8 Å². The van der Waals surface area contributed by atoms with E-state index < -0.39 is 0 Å². The van der Waals surface area contributed by atoms with Gasteiger partial charge in [-0.3, -0.25) is 9.79 Å². The number of aliphatic imine (C=N–C) groups is 1. The molecule has 3 nitrogen and oxygen atoms in total. The number of Topliss-reactive ketones (excluding diaryl/α,β-unsaturated/α-hetero) is 1. The smallest absolute Gasteiger partial charge is 0.162 e. The molecule has 184 valence electrons. The fraction of sp³-hybridized carbons (Fsp3) is 0.375. The number of rotatable bonds is 15. The van der Waals surface area contributed by atoms with Crippen LogP contribution in [0.2, 0.25) is 0 Å². The Kier molecular flexibility index (Phi) is 11.3. The van der Waals surface area contributed by atoms with Crippen molar-refractivity contribution in [3.8, 4) is 16.9 Å². The summed E-state index contributed by atoms with van der Waals surface area (Å²) < 4.78 is 5.89. The molecule has 0 aromatic heterocycles. The van der Waals surface area contributed by atoms with Gasteiger partial charge in [0.05, 0.1) is 12.3 Å². The molecule has 0 spiro atoms. The Morgan fingerprint density at radius 1 is 0.714 bits per heavy atom. The lowest BCUT2D eigenvalue weighted by Crippen LogP contribution is -1.97. The predicted octanol–water partition coefficient (Wildman–Crippen LogP) is 9.22. The normalized spacial score (nSPS) is 11.1. The van der Waals surface area contributed by atoms with E-state index in [9.17, 15) is 4.79 Å². The van der Waals surface area contributed by atoms with Gasteiger partial charge in [-0.05, 0) is 59.5 Å². The van der Waals surface area contributed by atoms with Crippen LogP contribution >= 0.6 is 0 Å². The molecular formula is C32H39NO2. The van der Waals surface area contributed by atoms with Gasteiger partial charge in [0.15, 0.2) is 5.78 Å². The Morgan fingerprint density at radius 3 is 1.89 bits per heavy atom. The summed E-state index contributed by atoms with van der Waals surface area (Å²) in [7, 11) is 0. The molecule has 0 N–H and O–H groups in total. The number of unbranched alkanes of at least 4 members (excludes halogenated alkanes) is 7. The minimum absolute atomic E-state index is 0.171. The van der Waals surface area contributed by atoms with Gasteiger partial charge in [-0.1, -0.05) is 95.2 Å². The van der Waals surface area contributed by atoms with Crippen LogP contribution in [0.1, 0.15) is 87.6 Å². The zero-order valence-electron chi connectivity index (χ0n) is 21.3. The van der Waals surface area contributed by atoms with E-state index in [2.05, 4.69) is 24.0 Å². The Bertz CT molecular complexity index is 1030. The molecule has 0 radical (unpaired) electrons. The third-order valence-electron chi connectivity index (χ3n) is 6.24. The van der Waals surface area contributed by atoms with Gasteiger partial charge >= 0.3 is 0 Å². The second kappa shape index (κ2) is 14.9. The van der Waals surface area contributed by atoms with Crippen LogP contribution in [-0.4, -0.2) is 18.6 Å². The van der Waals surface area contributed by atoms with E-state index in [1.54, 1.807) is 0 Å². The van der Waals surface area contributed by atoms with Crippen molar-refractivity contribution in [3.05, 3.63) is 83.9 Å². The molecule has 0 aliphatic carbocycles. The van der Waals surface area contributed by atoms with E-state index in [0.717, 1.165) is 46.7 Å². The van der Waals surface area contributed by atoms with Crippen molar-refractivity contribution >= 4 is 17.7 Å². The number of carbonyl (C=O) groups is 1. The maximum Gasteiger partial charge on any atom is 0.162 e. The first-order valence-electron chi connectivity index (χ1n) is 13.2. The molecule has 3 aromatic rings. The molecule has 0 saturated heterocycles. The van der Waals surface area contributed by atoms with Crippen LogP contribution in [0.4, 0.5) is 5.69 Å². The lowest BCUT2D eigenvalue weighted by Gasteiger charge is -2.06. The molecule has 0 bridgehead atoms. The van der Waals surface area contributed by atoms with Gasteiger partial charge in [-0.25, -0.2) is 0 Å². The Labute approximate surface area is 211 Å². The van der Waals surface area contributed by atoms with Gasteiger partial charge < -0.3 is 4.74 Å². The summed E-state index contributed by atoms with van der Waals surface area (Å²) in [6.07, 6.45) is 12.9. The van der Waals surface area contributed by atoms with E-state index >= 15 is 0 Å². The van der Waals surface area contributed by atoms with Gasteiger partial charge in [0.2, 0.25) is 0 Å². The first-order valence-corrected chi connectivity index (χ1v) is 13.2. The quantitative estimate of drug-likeness (QED) is 0.126. The minimum Gasteiger partial charge on any atom is -0.494 e. The van der Waals surface area contributed by atoms with Crippen LogP contribution in [0.25, 0.3) is 11.1 Å². The highest BCUT2D eigenvalue weighted by Crippen LogP contribution is 2.23. The van der Waals surface area contributed by atoms with Gasteiger partial charge in [-0.15, -0.1) is 0 Å². The summed E-state index contributed by atoms with van der Waals surface area (Å²) in [5, 5.41) is 0. The average Bonchev–Trinajstić information content (AvgIpc) is 2.91. The molecule has 0 unspecified atom stereocenters. The van der Waals surface area contributed by atoms with Crippen LogP contribution < -0.4 is 4.74 Å².